The third kappa shape index (κ3) is 5.50. The fraction of sp³-hybridized carbons (Fsp3) is 1.00. The summed E-state index contributed by atoms with van der Waals surface area (Å²) in [5, 5.41) is 12.5. The van der Waals surface area contributed by atoms with E-state index in [1.807, 2.05) is 0 Å². The number of aliphatic hydroxyl groups excluding tert-OH is 1. The fourth-order valence-corrected chi connectivity index (χ4v) is 2.07. The van der Waals surface area contributed by atoms with Crippen molar-refractivity contribution >= 4 is 0 Å². The maximum absolute atomic E-state index is 8.90. The molecule has 1 fully saturated rings. The van der Waals surface area contributed by atoms with E-state index in [2.05, 4.69) is 12.2 Å². The summed E-state index contributed by atoms with van der Waals surface area (Å²) in [5.41, 5.74) is 0. The first kappa shape index (κ1) is 12.9. The van der Waals surface area contributed by atoms with Crippen molar-refractivity contribution in [3.63, 3.8) is 0 Å². The van der Waals surface area contributed by atoms with Crippen molar-refractivity contribution in [3.8, 4) is 0 Å². The molecule has 1 rings (SSSR count). The first-order valence-electron chi connectivity index (χ1n) is 6.28. The van der Waals surface area contributed by atoms with Gasteiger partial charge in [-0.05, 0) is 38.1 Å². The molecule has 0 aromatic heterocycles. The summed E-state index contributed by atoms with van der Waals surface area (Å²) < 4.78 is 5.43. The van der Waals surface area contributed by atoms with E-state index in [1.54, 1.807) is 0 Å². The average molecular weight is 215 g/mol. The van der Waals surface area contributed by atoms with Gasteiger partial charge in [-0.1, -0.05) is 13.3 Å². The van der Waals surface area contributed by atoms with Gasteiger partial charge in [0.25, 0.3) is 0 Å². The summed E-state index contributed by atoms with van der Waals surface area (Å²) in [6.07, 6.45) is 5.61. The van der Waals surface area contributed by atoms with Gasteiger partial charge < -0.3 is 15.2 Å². The van der Waals surface area contributed by atoms with Crippen molar-refractivity contribution in [1.82, 2.24) is 5.32 Å². The van der Waals surface area contributed by atoms with Gasteiger partial charge in [-0.3, -0.25) is 0 Å². The van der Waals surface area contributed by atoms with Gasteiger partial charge in [0.2, 0.25) is 0 Å². The summed E-state index contributed by atoms with van der Waals surface area (Å²) in [6, 6.07) is 0.625. The van der Waals surface area contributed by atoms with Crippen molar-refractivity contribution < 1.29 is 9.84 Å². The lowest BCUT2D eigenvalue weighted by Gasteiger charge is -2.20. The molecular formula is C12H25NO2. The summed E-state index contributed by atoms with van der Waals surface area (Å²) in [6.45, 7) is 5.37. The molecule has 2 unspecified atom stereocenters. The van der Waals surface area contributed by atoms with Gasteiger partial charge >= 0.3 is 0 Å². The Bertz CT molecular complexity index is 145. The number of ether oxygens (including phenoxy) is 1. The quantitative estimate of drug-likeness (QED) is 0.706. The molecule has 0 aromatic carbocycles. The van der Waals surface area contributed by atoms with Crippen LogP contribution in [0.2, 0.25) is 0 Å². The minimum absolute atomic E-state index is 0.313. The highest BCUT2D eigenvalue weighted by Crippen LogP contribution is 2.11. The molecule has 2 atom stereocenters. The summed E-state index contributed by atoms with van der Waals surface area (Å²) in [4.78, 5) is 0. The zero-order valence-corrected chi connectivity index (χ0v) is 9.87. The highest BCUT2D eigenvalue weighted by molar-refractivity contribution is 4.71. The van der Waals surface area contributed by atoms with Crippen LogP contribution in [0.15, 0.2) is 0 Å². The Morgan fingerprint density at radius 1 is 1.40 bits per heavy atom. The fourth-order valence-electron chi connectivity index (χ4n) is 2.07. The second-order valence-corrected chi connectivity index (χ2v) is 4.44. The molecule has 3 heteroatoms. The monoisotopic (exact) mass is 215 g/mol. The van der Waals surface area contributed by atoms with Gasteiger partial charge in [0.05, 0.1) is 0 Å². The lowest BCUT2D eigenvalue weighted by Crippen LogP contribution is -2.33. The third-order valence-electron chi connectivity index (χ3n) is 3.26. The van der Waals surface area contributed by atoms with Crippen molar-refractivity contribution in [2.45, 2.75) is 45.1 Å². The predicted molar refractivity (Wildman–Crippen MR) is 61.9 cm³/mol. The van der Waals surface area contributed by atoms with Crippen LogP contribution in [0, 0.1) is 5.92 Å². The Labute approximate surface area is 93.2 Å². The molecule has 0 amide bonds. The maximum Gasteiger partial charge on any atom is 0.0480 e. The number of aliphatic hydroxyl groups is 1. The van der Waals surface area contributed by atoms with Crippen LogP contribution in [0.4, 0.5) is 0 Å². The van der Waals surface area contributed by atoms with Crippen LogP contribution < -0.4 is 5.32 Å². The summed E-state index contributed by atoms with van der Waals surface area (Å²) >= 11 is 0. The molecule has 0 saturated carbocycles. The van der Waals surface area contributed by atoms with Crippen LogP contribution in [0.5, 0.6) is 0 Å². The first-order chi connectivity index (χ1) is 7.36. The van der Waals surface area contributed by atoms with Gasteiger partial charge in [-0.2, -0.15) is 0 Å². The van der Waals surface area contributed by atoms with E-state index in [-0.39, 0.29) is 0 Å². The number of hydrogen-bond donors (Lipinski definition) is 2. The molecule has 1 aliphatic heterocycles. The molecular weight excluding hydrogens is 190 g/mol. The SMILES string of the molecule is CCC(CCO)CNC1CCCOCC1. The van der Waals surface area contributed by atoms with E-state index in [4.69, 9.17) is 9.84 Å². The minimum Gasteiger partial charge on any atom is -0.396 e. The molecule has 0 bridgehead atoms. The maximum atomic E-state index is 8.90. The van der Waals surface area contributed by atoms with Crippen LogP contribution >= 0.6 is 0 Å². The third-order valence-corrected chi connectivity index (χ3v) is 3.26. The van der Waals surface area contributed by atoms with E-state index in [0.717, 1.165) is 39.0 Å². The molecule has 0 aromatic rings. The van der Waals surface area contributed by atoms with E-state index in [0.29, 0.717) is 18.6 Å². The highest BCUT2D eigenvalue weighted by atomic mass is 16.5. The molecule has 2 N–H and O–H groups in total. The van der Waals surface area contributed by atoms with Gasteiger partial charge in [0.1, 0.15) is 0 Å². The molecule has 1 heterocycles. The van der Waals surface area contributed by atoms with Crippen molar-refractivity contribution in [2.75, 3.05) is 26.4 Å². The molecule has 90 valence electrons. The second-order valence-electron chi connectivity index (χ2n) is 4.44. The smallest absolute Gasteiger partial charge is 0.0480 e. The first-order valence-corrected chi connectivity index (χ1v) is 6.28. The van der Waals surface area contributed by atoms with E-state index in [9.17, 15) is 0 Å². The van der Waals surface area contributed by atoms with Crippen molar-refractivity contribution in [2.24, 2.45) is 5.92 Å². The van der Waals surface area contributed by atoms with Crippen LogP contribution in [0.25, 0.3) is 0 Å². The Balaban J connectivity index is 2.15. The van der Waals surface area contributed by atoms with E-state index >= 15 is 0 Å². The van der Waals surface area contributed by atoms with Gasteiger partial charge in [0, 0.05) is 25.9 Å². The molecule has 3 nitrogen and oxygen atoms in total. The average Bonchev–Trinajstić information content (AvgIpc) is 2.52. The molecule has 0 radical (unpaired) electrons. The summed E-state index contributed by atoms with van der Waals surface area (Å²) in [5.74, 6) is 0.624. The minimum atomic E-state index is 0.313. The van der Waals surface area contributed by atoms with Gasteiger partial charge in [-0.25, -0.2) is 0 Å². The number of nitrogens with one attached hydrogen (secondary N) is 1. The normalized spacial score (nSPS) is 24.8. The Hall–Kier alpha value is -0.120. The van der Waals surface area contributed by atoms with Gasteiger partial charge in [0.15, 0.2) is 0 Å². The zero-order chi connectivity index (χ0) is 10.9. The molecule has 1 saturated heterocycles. The number of hydrogen-bond acceptors (Lipinski definition) is 3. The van der Waals surface area contributed by atoms with Crippen LogP contribution in [-0.2, 0) is 4.74 Å². The largest absolute Gasteiger partial charge is 0.396 e. The lowest BCUT2D eigenvalue weighted by atomic mass is 10.0. The molecule has 0 aliphatic carbocycles. The topological polar surface area (TPSA) is 41.5 Å². The van der Waals surface area contributed by atoms with E-state index in [1.165, 1.54) is 12.8 Å². The second kappa shape index (κ2) is 8.08. The predicted octanol–water partition coefficient (Wildman–Crippen LogP) is 1.55. The Morgan fingerprint density at radius 3 is 3.00 bits per heavy atom. The van der Waals surface area contributed by atoms with Crippen LogP contribution in [0.3, 0.4) is 0 Å². The zero-order valence-electron chi connectivity index (χ0n) is 9.87. The van der Waals surface area contributed by atoms with Crippen LogP contribution in [-0.4, -0.2) is 37.5 Å². The van der Waals surface area contributed by atoms with Crippen LogP contribution in [0.1, 0.15) is 39.0 Å². The summed E-state index contributed by atoms with van der Waals surface area (Å²) in [7, 11) is 0. The van der Waals surface area contributed by atoms with Crippen molar-refractivity contribution in [1.29, 1.82) is 0 Å². The molecule has 15 heavy (non-hydrogen) atoms. The van der Waals surface area contributed by atoms with E-state index < -0.39 is 0 Å². The Kier molecular flexibility index (Phi) is 6.98. The molecule has 1 aliphatic rings. The van der Waals surface area contributed by atoms with Crippen molar-refractivity contribution in [3.05, 3.63) is 0 Å². The highest BCUT2D eigenvalue weighted by Gasteiger charge is 2.13. The van der Waals surface area contributed by atoms with Gasteiger partial charge in [-0.15, -0.1) is 0 Å². The standard InChI is InChI=1S/C12H25NO2/c1-2-11(5-7-14)10-13-12-4-3-8-15-9-6-12/h11-14H,2-10H2,1H3. The Morgan fingerprint density at radius 2 is 2.27 bits per heavy atom. The number of rotatable bonds is 6. The molecule has 0 spiro atoms. The lowest BCUT2D eigenvalue weighted by molar-refractivity contribution is 0.142.